The molecule has 0 aromatic carbocycles. The molecule has 0 amide bonds. The molecule has 1 fully saturated rings. The Kier molecular flexibility index (Phi) is 2.07. The molecular weight excluding hydrogens is 170 g/mol. The van der Waals surface area contributed by atoms with Gasteiger partial charge in [-0.1, -0.05) is 0 Å². The summed E-state index contributed by atoms with van der Waals surface area (Å²) < 4.78 is 30.4. The van der Waals surface area contributed by atoms with Gasteiger partial charge in [-0.15, -0.1) is 0 Å². The summed E-state index contributed by atoms with van der Waals surface area (Å²) in [7, 11) is 1.12. The van der Waals surface area contributed by atoms with Crippen LogP contribution in [0.3, 0.4) is 0 Å². The Morgan fingerprint density at radius 3 is 2.17 bits per heavy atom. The van der Waals surface area contributed by atoms with Crippen LogP contribution in [0, 0.1) is 0 Å². The van der Waals surface area contributed by atoms with Crippen molar-refractivity contribution >= 4 is 5.97 Å². The maximum atomic E-state index is 12.9. The summed E-state index contributed by atoms with van der Waals surface area (Å²) in [4.78, 5) is 10.2. The molecule has 0 aromatic heterocycles. The maximum Gasteiger partial charge on any atom is 0.377 e. The molecule has 0 spiro atoms. The minimum atomic E-state index is -3.76. The standard InChI is InChI=1S/C7H10F2O3/c1-12-6(3-2-4-6)7(8,9)5(10)11/h2-4H2,1H3,(H,10,11). The van der Waals surface area contributed by atoms with Gasteiger partial charge in [-0.05, 0) is 19.3 Å². The van der Waals surface area contributed by atoms with Crippen LogP contribution in [0.15, 0.2) is 0 Å². The number of alkyl halides is 2. The fourth-order valence-corrected chi connectivity index (χ4v) is 1.34. The molecule has 1 rings (SSSR count). The number of aliphatic carboxylic acids is 1. The molecule has 0 radical (unpaired) electrons. The molecule has 3 nitrogen and oxygen atoms in total. The molecule has 1 saturated carbocycles. The summed E-state index contributed by atoms with van der Waals surface area (Å²) in [6.45, 7) is 0. The normalized spacial score (nSPS) is 21.6. The zero-order valence-electron chi connectivity index (χ0n) is 6.64. The number of hydrogen-bond acceptors (Lipinski definition) is 2. The van der Waals surface area contributed by atoms with Crippen molar-refractivity contribution in [2.24, 2.45) is 0 Å². The van der Waals surface area contributed by atoms with Crippen molar-refractivity contribution in [3.8, 4) is 0 Å². The zero-order valence-corrected chi connectivity index (χ0v) is 6.64. The van der Waals surface area contributed by atoms with Crippen LogP contribution in [0.4, 0.5) is 8.78 Å². The smallest absolute Gasteiger partial charge is 0.377 e. The lowest BCUT2D eigenvalue weighted by Crippen LogP contribution is -2.58. The lowest BCUT2D eigenvalue weighted by molar-refractivity contribution is -0.238. The minimum absolute atomic E-state index is 0.114. The second-order valence-electron chi connectivity index (χ2n) is 2.93. The summed E-state index contributed by atoms with van der Waals surface area (Å²) in [5.74, 6) is -5.87. The van der Waals surface area contributed by atoms with E-state index in [1.54, 1.807) is 0 Å². The maximum absolute atomic E-state index is 12.9. The number of carboxylic acids is 1. The topological polar surface area (TPSA) is 46.5 Å². The molecule has 0 bridgehead atoms. The molecule has 0 heterocycles. The van der Waals surface area contributed by atoms with Crippen LogP contribution in [-0.2, 0) is 9.53 Å². The molecule has 1 aliphatic rings. The van der Waals surface area contributed by atoms with Crippen LogP contribution in [0.1, 0.15) is 19.3 Å². The first kappa shape index (κ1) is 9.38. The third-order valence-electron chi connectivity index (χ3n) is 2.39. The van der Waals surface area contributed by atoms with Crippen LogP contribution >= 0.6 is 0 Å². The van der Waals surface area contributed by atoms with Crippen molar-refractivity contribution < 1.29 is 23.4 Å². The molecule has 0 aromatic rings. The van der Waals surface area contributed by atoms with Crippen molar-refractivity contribution in [2.45, 2.75) is 30.8 Å². The van der Waals surface area contributed by atoms with E-state index in [9.17, 15) is 13.6 Å². The summed E-state index contributed by atoms with van der Waals surface area (Å²) in [6.07, 6.45) is 0.822. The van der Waals surface area contributed by atoms with E-state index in [1.807, 2.05) is 0 Å². The number of halogens is 2. The molecule has 5 heteroatoms. The predicted octanol–water partition coefficient (Wildman–Crippen LogP) is 1.28. The van der Waals surface area contributed by atoms with Gasteiger partial charge in [-0.2, -0.15) is 8.78 Å². The highest BCUT2D eigenvalue weighted by Gasteiger charge is 2.63. The first-order valence-electron chi connectivity index (χ1n) is 3.63. The Morgan fingerprint density at radius 1 is 1.58 bits per heavy atom. The second kappa shape index (κ2) is 2.65. The number of methoxy groups -OCH3 is 1. The van der Waals surface area contributed by atoms with Crippen LogP contribution in [0.5, 0.6) is 0 Å². The van der Waals surface area contributed by atoms with Gasteiger partial charge in [0.15, 0.2) is 0 Å². The molecule has 0 aliphatic heterocycles. The molecule has 0 atom stereocenters. The average Bonchev–Trinajstić information content (AvgIpc) is 1.85. The quantitative estimate of drug-likeness (QED) is 0.711. The molecule has 1 aliphatic carbocycles. The van der Waals surface area contributed by atoms with Gasteiger partial charge in [0.25, 0.3) is 0 Å². The molecular formula is C7H10F2O3. The number of hydrogen-bond donors (Lipinski definition) is 1. The number of ether oxygens (including phenoxy) is 1. The number of rotatable bonds is 3. The van der Waals surface area contributed by atoms with E-state index < -0.39 is 17.5 Å². The van der Waals surface area contributed by atoms with E-state index in [0.29, 0.717) is 6.42 Å². The van der Waals surface area contributed by atoms with Crippen LogP contribution < -0.4 is 0 Å². The highest BCUT2D eigenvalue weighted by atomic mass is 19.3. The van der Waals surface area contributed by atoms with E-state index in [-0.39, 0.29) is 12.8 Å². The molecule has 12 heavy (non-hydrogen) atoms. The molecule has 70 valence electrons. The van der Waals surface area contributed by atoms with Gasteiger partial charge in [0.1, 0.15) is 5.60 Å². The first-order valence-corrected chi connectivity index (χ1v) is 3.63. The van der Waals surface area contributed by atoms with Crippen molar-refractivity contribution in [3.05, 3.63) is 0 Å². The third kappa shape index (κ3) is 0.998. The van der Waals surface area contributed by atoms with E-state index >= 15 is 0 Å². The van der Waals surface area contributed by atoms with Gasteiger partial charge < -0.3 is 9.84 Å². The van der Waals surface area contributed by atoms with Gasteiger partial charge in [0.05, 0.1) is 0 Å². The molecule has 0 saturated heterocycles. The van der Waals surface area contributed by atoms with Crippen LogP contribution in [0.25, 0.3) is 0 Å². The predicted molar refractivity (Wildman–Crippen MR) is 36.2 cm³/mol. The Labute approximate surface area is 68.3 Å². The van der Waals surface area contributed by atoms with Crippen molar-refractivity contribution in [1.82, 2.24) is 0 Å². The largest absolute Gasteiger partial charge is 0.477 e. The van der Waals surface area contributed by atoms with Crippen molar-refractivity contribution in [3.63, 3.8) is 0 Å². The summed E-state index contributed by atoms with van der Waals surface area (Å²) in [5.41, 5.74) is -1.75. The summed E-state index contributed by atoms with van der Waals surface area (Å²) in [6, 6.07) is 0. The lowest BCUT2D eigenvalue weighted by Gasteiger charge is -2.43. The Hall–Kier alpha value is -0.710. The third-order valence-corrected chi connectivity index (χ3v) is 2.39. The van der Waals surface area contributed by atoms with Gasteiger partial charge >= 0.3 is 11.9 Å². The molecule has 0 unspecified atom stereocenters. The molecule has 1 N–H and O–H groups in total. The highest BCUT2D eigenvalue weighted by molar-refractivity contribution is 5.77. The van der Waals surface area contributed by atoms with Gasteiger partial charge in [0, 0.05) is 7.11 Å². The summed E-state index contributed by atoms with van der Waals surface area (Å²) >= 11 is 0. The van der Waals surface area contributed by atoms with Gasteiger partial charge in [-0.3, -0.25) is 0 Å². The fraction of sp³-hybridized carbons (Fsp3) is 0.857. The number of carboxylic acid groups (broad SMARTS) is 1. The minimum Gasteiger partial charge on any atom is -0.477 e. The van der Waals surface area contributed by atoms with E-state index in [0.717, 1.165) is 7.11 Å². The summed E-state index contributed by atoms with van der Waals surface area (Å²) in [5, 5.41) is 8.24. The average molecular weight is 180 g/mol. The van der Waals surface area contributed by atoms with E-state index in [2.05, 4.69) is 4.74 Å². The van der Waals surface area contributed by atoms with E-state index in [1.165, 1.54) is 0 Å². The highest BCUT2D eigenvalue weighted by Crippen LogP contribution is 2.46. The van der Waals surface area contributed by atoms with Gasteiger partial charge in [0.2, 0.25) is 0 Å². The monoisotopic (exact) mass is 180 g/mol. The van der Waals surface area contributed by atoms with Gasteiger partial charge in [-0.25, -0.2) is 4.79 Å². The zero-order chi connectivity index (χ0) is 9.41. The van der Waals surface area contributed by atoms with Crippen molar-refractivity contribution in [2.75, 3.05) is 7.11 Å². The van der Waals surface area contributed by atoms with E-state index in [4.69, 9.17) is 5.11 Å². The second-order valence-corrected chi connectivity index (χ2v) is 2.93. The lowest BCUT2D eigenvalue weighted by atomic mass is 9.75. The SMILES string of the molecule is COC1(C(F)(F)C(=O)O)CCC1. The Balaban J connectivity index is 2.84. The fourth-order valence-electron chi connectivity index (χ4n) is 1.34. The Morgan fingerprint density at radius 2 is 2.08 bits per heavy atom. The number of carbonyl (C=O) groups is 1. The van der Waals surface area contributed by atoms with Crippen molar-refractivity contribution in [1.29, 1.82) is 0 Å². The van der Waals surface area contributed by atoms with Crippen LogP contribution in [0.2, 0.25) is 0 Å². The van der Waals surface area contributed by atoms with Crippen LogP contribution in [-0.4, -0.2) is 29.7 Å². The Bertz CT molecular complexity index is 193. The first-order chi connectivity index (χ1) is 5.46.